The zero-order valence-corrected chi connectivity index (χ0v) is 4.07. The third kappa shape index (κ3) is 0.716. The Kier molecular flexibility index (Phi) is 1.10. The summed E-state index contributed by atoms with van der Waals surface area (Å²) in [4.78, 5) is 0. The fraction of sp³-hybridized carbons (Fsp3) is 0.800. The van der Waals surface area contributed by atoms with Gasteiger partial charge in [0.05, 0.1) is 0 Å². The molecule has 0 bridgehead atoms. The fourth-order valence-electron chi connectivity index (χ4n) is 0.728. The van der Waals surface area contributed by atoms with Crippen molar-refractivity contribution < 1.29 is 0 Å². The summed E-state index contributed by atoms with van der Waals surface area (Å²) in [6, 6.07) is 0.671. The molecule has 1 saturated heterocycles. The highest BCUT2D eigenvalue weighted by Gasteiger charge is 2.05. The van der Waals surface area contributed by atoms with E-state index in [1.165, 1.54) is 13.0 Å². The second kappa shape index (κ2) is 1.61. The molecule has 35 valence electrons. The first-order valence-electron chi connectivity index (χ1n) is 2.46. The van der Waals surface area contributed by atoms with Gasteiger partial charge in [-0.25, -0.2) is 0 Å². The zero-order valence-electron chi connectivity index (χ0n) is 4.07. The lowest BCUT2D eigenvalue weighted by Gasteiger charge is -1.94. The molecule has 1 nitrogen and oxygen atoms in total. The van der Waals surface area contributed by atoms with Crippen LogP contribution in [0.5, 0.6) is 0 Å². The lowest BCUT2D eigenvalue weighted by Crippen LogP contribution is -2.16. The maximum atomic E-state index is 3.26. The molecule has 1 N–H and O–H groups in total. The van der Waals surface area contributed by atoms with E-state index in [0.717, 1.165) is 0 Å². The van der Waals surface area contributed by atoms with Crippen LogP contribution in [0.25, 0.3) is 0 Å². The minimum absolute atomic E-state index is 0.671. The standard InChI is InChI=1S/C5H10N/c1-5-3-2-4-6-5/h3,5-6H,2,4H2,1H3/t5-/m0/s1. The third-order valence-corrected chi connectivity index (χ3v) is 1.13. The van der Waals surface area contributed by atoms with E-state index in [2.05, 4.69) is 18.7 Å². The first-order chi connectivity index (χ1) is 2.89. The molecule has 1 radical (unpaired) electrons. The van der Waals surface area contributed by atoms with Crippen LogP contribution in [0.4, 0.5) is 0 Å². The van der Waals surface area contributed by atoms with Crippen molar-refractivity contribution >= 4 is 0 Å². The van der Waals surface area contributed by atoms with Gasteiger partial charge in [-0.15, -0.1) is 0 Å². The molecule has 1 aliphatic heterocycles. The summed E-state index contributed by atoms with van der Waals surface area (Å²) in [5.74, 6) is 0. The van der Waals surface area contributed by atoms with E-state index in [9.17, 15) is 0 Å². The molecule has 0 aromatic heterocycles. The average molecular weight is 84.1 g/mol. The molecule has 0 aromatic carbocycles. The van der Waals surface area contributed by atoms with Crippen molar-refractivity contribution in [2.45, 2.75) is 19.4 Å². The predicted molar refractivity (Wildman–Crippen MR) is 26.4 cm³/mol. The Balaban J connectivity index is 2.18. The van der Waals surface area contributed by atoms with Crippen molar-refractivity contribution in [2.75, 3.05) is 6.54 Å². The molecule has 0 aromatic rings. The van der Waals surface area contributed by atoms with Crippen LogP contribution >= 0.6 is 0 Å². The van der Waals surface area contributed by atoms with Crippen LogP contribution in [-0.2, 0) is 0 Å². The number of hydrogen-bond donors (Lipinski definition) is 1. The summed E-state index contributed by atoms with van der Waals surface area (Å²) in [6.45, 7) is 3.36. The maximum absolute atomic E-state index is 3.26. The highest BCUT2D eigenvalue weighted by Crippen LogP contribution is 1.99. The summed E-state index contributed by atoms with van der Waals surface area (Å²) in [6.07, 6.45) is 3.54. The lowest BCUT2D eigenvalue weighted by molar-refractivity contribution is 0.719. The number of hydrogen-bond acceptors (Lipinski definition) is 1. The lowest BCUT2D eigenvalue weighted by atomic mass is 10.3. The van der Waals surface area contributed by atoms with Crippen molar-refractivity contribution in [1.82, 2.24) is 5.32 Å². The third-order valence-electron chi connectivity index (χ3n) is 1.13. The Morgan fingerprint density at radius 1 is 1.83 bits per heavy atom. The summed E-state index contributed by atoms with van der Waals surface area (Å²) >= 11 is 0. The van der Waals surface area contributed by atoms with Crippen LogP contribution in [0.3, 0.4) is 0 Å². The Morgan fingerprint density at radius 2 is 2.67 bits per heavy atom. The molecule has 1 heteroatoms. The van der Waals surface area contributed by atoms with Gasteiger partial charge in [-0.2, -0.15) is 0 Å². The van der Waals surface area contributed by atoms with Gasteiger partial charge < -0.3 is 5.32 Å². The fourth-order valence-corrected chi connectivity index (χ4v) is 0.728. The molecule has 0 amide bonds. The molecule has 1 heterocycles. The quantitative estimate of drug-likeness (QED) is 0.452. The normalized spacial score (nSPS) is 34.5. The van der Waals surface area contributed by atoms with E-state index in [4.69, 9.17) is 0 Å². The van der Waals surface area contributed by atoms with Gasteiger partial charge >= 0.3 is 0 Å². The van der Waals surface area contributed by atoms with E-state index < -0.39 is 0 Å². The van der Waals surface area contributed by atoms with Crippen molar-refractivity contribution in [2.24, 2.45) is 0 Å². The highest BCUT2D eigenvalue weighted by molar-refractivity contribution is 4.85. The van der Waals surface area contributed by atoms with E-state index in [1.54, 1.807) is 0 Å². The average Bonchev–Trinajstić information content (AvgIpc) is 1.86. The van der Waals surface area contributed by atoms with Crippen molar-refractivity contribution in [3.05, 3.63) is 6.42 Å². The minimum atomic E-state index is 0.671. The molecule has 0 spiro atoms. The molecule has 1 rings (SSSR count). The molecular formula is C5H10N. The monoisotopic (exact) mass is 84.1 g/mol. The summed E-state index contributed by atoms with van der Waals surface area (Å²) in [5.41, 5.74) is 0. The van der Waals surface area contributed by atoms with Gasteiger partial charge in [0, 0.05) is 6.04 Å². The minimum Gasteiger partial charge on any atom is -0.314 e. The van der Waals surface area contributed by atoms with E-state index >= 15 is 0 Å². The van der Waals surface area contributed by atoms with Gasteiger partial charge in [0.2, 0.25) is 0 Å². The summed E-state index contributed by atoms with van der Waals surface area (Å²) in [7, 11) is 0. The molecule has 0 saturated carbocycles. The van der Waals surface area contributed by atoms with Crippen LogP contribution in [-0.4, -0.2) is 12.6 Å². The van der Waals surface area contributed by atoms with Gasteiger partial charge in [-0.1, -0.05) is 0 Å². The molecule has 1 aliphatic rings. The topological polar surface area (TPSA) is 12.0 Å². The van der Waals surface area contributed by atoms with Crippen molar-refractivity contribution in [3.63, 3.8) is 0 Å². The second-order valence-electron chi connectivity index (χ2n) is 1.77. The van der Waals surface area contributed by atoms with Crippen LogP contribution in [0.15, 0.2) is 0 Å². The van der Waals surface area contributed by atoms with Crippen molar-refractivity contribution in [1.29, 1.82) is 0 Å². The molecule has 6 heavy (non-hydrogen) atoms. The van der Waals surface area contributed by atoms with Crippen LogP contribution in [0.2, 0.25) is 0 Å². The van der Waals surface area contributed by atoms with Crippen LogP contribution < -0.4 is 5.32 Å². The summed E-state index contributed by atoms with van der Waals surface area (Å²) < 4.78 is 0. The van der Waals surface area contributed by atoms with E-state index in [1.807, 2.05) is 0 Å². The zero-order chi connectivity index (χ0) is 4.41. The first kappa shape index (κ1) is 4.13. The van der Waals surface area contributed by atoms with Crippen LogP contribution in [0, 0.1) is 6.42 Å². The SMILES string of the molecule is C[C@H]1[CH]CCN1. The van der Waals surface area contributed by atoms with Gasteiger partial charge in [-0.05, 0) is 26.3 Å². The Hall–Kier alpha value is -0.0400. The maximum Gasteiger partial charge on any atom is 0.00707 e. The second-order valence-corrected chi connectivity index (χ2v) is 1.77. The molecular weight excluding hydrogens is 74.1 g/mol. The molecule has 0 unspecified atom stereocenters. The largest absolute Gasteiger partial charge is 0.314 e. The van der Waals surface area contributed by atoms with Gasteiger partial charge in [-0.3, -0.25) is 0 Å². The predicted octanol–water partition coefficient (Wildman–Crippen LogP) is 0.572. The number of nitrogens with one attached hydrogen (secondary N) is 1. The molecule has 1 fully saturated rings. The van der Waals surface area contributed by atoms with Crippen LogP contribution in [0.1, 0.15) is 13.3 Å². The molecule has 1 atom stereocenters. The summed E-state index contributed by atoms with van der Waals surface area (Å²) in [5, 5.41) is 3.26. The Bertz CT molecular complexity index is 37.2. The smallest absolute Gasteiger partial charge is 0.00707 e. The van der Waals surface area contributed by atoms with Gasteiger partial charge in [0.15, 0.2) is 0 Å². The van der Waals surface area contributed by atoms with E-state index in [-0.39, 0.29) is 0 Å². The van der Waals surface area contributed by atoms with Gasteiger partial charge in [0.1, 0.15) is 0 Å². The van der Waals surface area contributed by atoms with Crippen molar-refractivity contribution in [3.8, 4) is 0 Å². The molecule has 0 aliphatic carbocycles. The van der Waals surface area contributed by atoms with E-state index in [0.29, 0.717) is 6.04 Å². The number of rotatable bonds is 0. The first-order valence-corrected chi connectivity index (χ1v) is 2.46. The highest BCUT2D eigenvalue weighted by atomic mass is 14.9. The Morgan fingerprint density at radius 3 is 2.83 bits per heavy atom. The Labute approximate surface area is 38.7 Å². The van der Waals surface area contributed by atoms with Gasteiger partial charge in [0.25, 0.3) is 0 Å².